The molecule has 6 nitrogen and oxygen atoms in total. The zero-order chi connectivity index (χ0) is 23.5. The second kappa shape index (κ2) is 9.75. The topological polar surface area (TPSA) is 81.7 Å². The molecule has 8 heteroatoms. The van der Waals surface area contributed by atoms with Crippen molar-refractivity contribution in [1.29, 1.82) is 0 Å². The fraction of sp³-hybridized carbons (Fsp3) is 0.208. The van der Waals surface area contributed by atoms with Gasteiger partial charge in [-0.2, -0.15) is 0 Å². The van der Waals surface area contributed by atoms with Crippen LogP contribution in [0, 0.1) is 13.8 Å². The van der Waals surface area contributed by atoms with Crippen LogP contribution in [0.5, 0.6) is 5.75 Å². The summed E-state index contributed by atoms with van der Waals surface area (Å²) in [5.41, 5.74) is 3.30. The average Bonchev–Trinajstić information content (AvgIpc) is 2.76. The maximum absolute atomic E-state index is 13.5. The molecule has 0 fully saturated rings. The highest BCUT2D eigenvalue weighted by Gasteiger charge is 2.24. The van der Waals surface area contributed by atoms with Crippen molar-refractivity contribution in [2.24, 2.45) is 0 Å². The molecule has 0 aliphatic rings. The first-order valence-electron chi connectivity index (χ1n) is 9.79. The number of aryl methyl sites for hydroxylation is 2. The van der Waals surface area contributed by atoms with Gasteiger partial charge in [0, 0.05) is 10.9 Å². The van der Waals surface area contributed by atoms with Gasteiger partial charge in [0.2, 0.25) is 0 Å². The SMILES string of the molecule is COC(=O)c1cc(C)cc(C)c1NS(=O)(=O)c1ccc(OC)cc1Cc1ccccc1Br. The lowest BCUT2D eigenvalue weighted by atomic mass is 10.0. The maximum atomic E-state index is 13.5. The van der Waals surface area contributed by atoms with Gasteiger partial charge in [0.15, 0.2) is 0 Å². The van der Waals surface area contributed by atoms with E-state index in [1.807, 2.05) is 31.2 Å². The lowest BCUT2D eigenvalue weighted by Gasteiger charge is -2.18. The molecule has 3 aromatic rings. The molecule has 0 radical (unpaired) electrons. The summed E-state index contributed by atoms with van der Waals surface area (Å²) in [5, 5.41) is 0. The van der Waals surface area contributed by atoms with E-state index in [1.165, 1.54) is 20.3 Å². The van der Waals surface area contributed by atoms with E-state index in [2.05, 4.69) is 20.7 Å². The average molecular weight is 518 g/mol. The first-order valence-corrected chi connectivity index (χ1v) is 12.1. The summed E-state index contributed by atoms with van der Waals surface area (Å²) in [6.07, 6.45) is 0.367. The zero-order valence-corrected chi connectivity index (χ0v) is 20.6. The van der Waals surface area contributed by atoms with E-state index in [4.69, 9.17) is 9.47 Å². The Morgan fingerprint density at radius 2 is 1.72 bits per heavy atom. The predicted octanol–water partition coefficient (Wildman–Crippen LogP) is 5.25. The first-order chi connectivity index (χ1) is 15.2. The molecule has 168 valence electrons. The minimum Gasteiger partial charge on any atom is -0.497 e. The number of nitrogens with one attached hydrogen (secondary N) is 1. The normalized spacial score (nSPS) is 11.2. The van der Waals surface area contributed by atoms with Crippen molar-refractivity contribution in [2.75, 3.05) is 18.9 Å². The molecule has 0 spiro atoms. The van der Waals surface area contributed by atoms with Gasteiger partial charge in [0.05, 0.1) is 30.4 Å². The summed E-state index contributed by atoms with van der Waals surface area (Å²) < 4.78 is 40.6. The standard InChI is InChI=1S/C24H24BrNO5S/c1-15-11-16(2)23(20(12-15)24(27)31-4)26-32(28,29)22-10-9-19(30-3)14-18(22)13-17-7-5-6-8-21(17)25/h5-12,14,26H,13H2,1-4H3. The number of rotatable bonds is 7. The number of anilines is 1. The number of carbonyl (C=O) groups is 1. The van der Waals surface area contributed by atoms with Gasteiger partial charge >= 0.3 is 5.97 Å². The number of halogens is 1. The second-order valence-corrected chi connectivity index (χ2v) is 9.85. The number of hydrogen-bond donors (Lipinski definition) is 1. The minimum atomic E-state index is -4.03. The molecule has 32 heavy (non-hydrogen) atoms. The molecule has 0 saturated carbocycles. The van der Waals surface area contributed by atoms with Gasteiger partial charge in [-0.25, -0.2) is 13.2 Å². The number of sulfonamides is 1. The van der Waals surface area contributed by atoms with Crippen molar-refractivity contribution < 1.29 is 22.7 Å². The molecule has 0 heterocycles. The van der Waals surface area contributed by atoms with Crippen molar-refractivity contribution in [3.05, 3.63) is 86.9 Å². The fourth-order valence-corrected chi connectivity index (χ4v) is 5.29. The fourth-order valence-electron chi connectivity index (χ4n) is 3.49. The lowest BCUT2D eigenvalue weighted by molar-refractivity contribution is 0.0601. The Balaban J connectivity index is 2.10. The van der Waals surface area contributed by atoms with Gasteiger partial charge in [0.1, 0.15) is 5.75 Å². The van der Waals surface area contributed by atoms with Gasteiger partial charge in [-0.3, -0.25) is 4.72 Å². The van der Waals surface area contributed by atoms with Crippen molar-refractivity contribution >= 4 is 37.6 Å². The van der Waals surface area contributed by atoms with E-state index < -0.39 is 16.0 Å². The summed E-state index contributed by atoms with van der Waals surface area (Å²) in [4.78, 5) is 12.4. The minimum absolute atomic E-state index is 0.102. The molecule has 3 aromatic carbocycles. The highest BCUT2D eigenvalue weighted by molar-refractivity contribution is 9.10. The lowest BCUT2D eigenvalue weighted by Crippen LogP contribution is -2.19. The van der Waals surface area contributed by atoms with Gasteiger partial charge in [-0.05, 0) is 66.4 Å². The number of benzene rings is 3. The monoisotopic (exact) mass is 517 g/mol. The largest absolute Gasteiger partial charge is 0.497 e. The Morgan fingerprint density at radius 3 is 2.38 bits per heavy atom. The molecule has 0 atom stereocenters. The van der Waals surface area contributed by atoms with Crippen LogP contribution in [0.25, 0.3) is 0 Å². The highest BCUT2D eigenvalue weighted by atomic mass is 79.9. The Bertz CT molecular complexity index is 1270. The molecule has 1 N–H and O–H groups in total. The predicted molar refractivity (Wildman–Crippen MR) is 128 cm³/mol. The van der Waals surface area contributed by atoms with Gasteiger partial charge < -0.3 is 9.47 Å². The second-order valence-electron chi connectivity index (χ2n) is 7.34. The van der Waals surface area contributed by atoms with Crippen molar-refractivity contribution in [3.63, 3.8) is 0 Å². The van der Waals surface area contributed by atoms with Crippen LogP contribution in [-0.2, 0) is 21.2 Å². The Kier molecular flexibility index (Phi) is 7.26. The number of esters is 1. The molecule has 0 aromatic heterocycles. The van der Waals surface area contributed by atoms with E-state index in [0.717, 1.165) is 15.6 Å². The van der Waals surface area contributed by atoms with E-state index in [0.29, 0.717) is 23.3 Å². The van der Waals surface area contributed by atoms with Crippen LogP contribution in [0.3, 0.4) is 0 Å². The number of ether oxygens (including phenoxy) is 2. The van der Waals surface area contributed by atoms with Gasteiger partial charge in [-0.1, -0.05) is 40.2 Å². The van der Waals surface area contributed by atoms with Gasteiger partial charge in [-0.15, -0.1) is 0 Å². The number of carbonyl (C=O) groups excluding carboxylic acids is 1. The third kappa shape index (κ3) is 5.14. The maximum Gasteiger partial charge on any atom is 0.340 e. The van der Waals surface area contributed by atoms with Crippen LogP contribution in [-0.4, -0.2) is 28.6 Å². The smallest absolute Gasteiger partial charge is 0.340 e. The molecule has 0 bridgehead atoms. The molecule has 0 aliphatic carbocycles. The van der Waals surface area contributed by atoms with E-state index in [9.17, 15) is 13.2 Å². The Labute approximate surface area is 196 Å². The van der Waals surface area contributed by atoms with Crippen molar-refractivity contribution in [2.45, 2.75) is 25.2 Å². The summed E-state index contributed by atoms with van der Waals surface area (Å²) in [7, 11) is -1.24. The van der Waals surface area contributed by atoms with E-state index in [1.54, 1.807) is 31.2 Å². The van der Waals surface area contributed by atoms with Crippen molar-refractivity contribution in [1.82, 2.24) is 0 Å². The molecule has 0 amide bonds. The van der Waals surface area contributed by atoms with Crippen LogP contribution in [0.1, 0.15) is 32.6 Å². The van der Waals surface area contributed by atoms with Crippen LogP contribution < -0.4 is 9.46 Å². The summed E-state index contributed by atoms with van der Waals surface area (Å²) >= 11 is 3.52. The summed E-state index contributed by atoms with van der Waals surface area (Å²) in [5.74, 6) is -0.0644. The number of methoxy groups -OCH3 is 2. The van der Waals surface area contributed by atoms with Gasteiger partial charge in [0.25, 0.3) is 10.0 Å². The summed E-state index contributed by atoms with van der Waals surface area (Å²) in [6.45, 7) is 3.57. The molecular weight excluding hydrogens is 494 g/mol. The van der Waals surface area contributed by atoms with Crippen molar-refractivity contribution in [3.8, 4) is 5.75 Å². The van der Waals surface area contributed by atoms with Crippen LogP contribution in [0.4, 0.5) is 5.69 Å². The molecule has 0 aliphatic heterocycles. The molecule has 0 saturated heterocycles. The first kappa shape index (κ1) is 23.8. The van der Waals surface area contributed by atoms with Crippen LogP contribution in [0.2, 0.25) is 0 Å². The molecule has 3 rings (SSSR count). The molecule has 0 unspecified atom stereocenters. The van der Waals surface area contributed by atoms with E-state index >= 15 is 0 Å². The summed E-state index contributed by atoms with van der Waals surface area (Å²) in [6, 6.07) is 15.8. The third-order valence-corrected chi connectivity index (χ3v) is 7.24. The number of hydrogen-bond acceptors (Lipinski definition) is 5. The van der Waals surface area contributed by atoms with Crippen LogP contribution >= 0.6 is 15.9 Å². The zero-order valence-electron chi connectivity index (χ0n) is 18.2. The molecular formula is C24H24BrNO5S. The third-order valence-electron chi connectivity index (χ3n) is 5.02. The highest BCUT2D eigenvalue weighted by Crippen LogP contribution is 2.31. The quantitative estimate of drug-likeness (QED) is 0.432. The Morgan fingerprint density at radius 1 is 1.00 bits per heavy atom. The van der Waals surface area contributed by atoms with Crippen LogP contribution in [0.15, 0.2) is 64.0 Å². The van der Waals surface area contributed by atoms with E-state index in [-0.39, 0.29) is 16.1 Å². The Hall–Kier alpha value is -2.84.